The molecule has 3 fully saturated rings. The molecule has 0 aliphatic carbocycles. The van der Waals surface area contributed by atoms with Gasteiger partial charge in [0.25, 0.3) is 0 Å². The number of rotatable bonds is 6. The lowest BCUT2D eigenvalue weighted by atomic mass is 9.75. The molecule has 51 heavy (non-hydrogen) atoms. The molecular formula is C39H48B3N3O6. The van der Waals surface area contributed by atoms with E-state index in [-0.39, 0.29) is 0 Å². The molecule has 0 radical (unpaired) electrons. The average molecular weight is 687 g/mol. The highest BCUT2D eigenvalue weighted by atomic mass is 16.7. The summed E-state index contributed by atoms with van der Waals surface area (Å²) in [5.74, 6) is 1.44. The highest BCUT2D eigenvalue weighted by molar-refractivity contribution is 6.65. The van der Waals surface area contributed by atoms with Gasteiger partial charge in [0.05, 0.1) is 33.6 Å². The van der Waals surface area contributed by atoms with E-state index < -0.39 is 55.0 Å². The van der Waals surface area contributed by atoms with Gasteiger partial charge < -0.3 is 27.9 Å². The Kier molecular flexibility index (Phi) is 8.53. The summed E-state index contributed by atoms with van der Waals surface area (Å²) in [6, 6.07) is 23.9. The Balaban J connectivity index is 1.42. The van der Waals surface area contributed by atoms with Gasteiger partial charge in [-0.3, -0.25) is 0 Å². The number of aromatic nitrogens is 3. The molecule has 7 rings (SSSR count). The van der Waals surface area contributed by atoms with Crippen molar-refractivity contribution in [2.24, 2.45) is 0 Å². The molecule has 0 unspecified atom stereocenters. The van der Waals surface area contributed by atoms with Crippen molar-refractivity contribution < 1.29 is 27.9 Å². The molecule has 264 valence electrons. The lowest BCUT2D eigenvalue weighted by molar-refractivity contribution is 0.00578. The Bertz CT molecular complexity index is 1700. The lowest BCUT2D eigenvalue weighted by Gasteiger charge is -2.32. The van der Waals surface area contributed by atoms with Gasteiger partial charge in [-0.1, -0.05) is 72.8 Å². The Hall–Kier alpha value is -3.38. The van der Waals surface area contributed by atoms with Crippen LogP contribution >= 0.6 is 0 Å². The van der Waals surface area contributed by atoms with Crippen LogP contribution in [0.25, 0.3) is 34.2 Å². The highest BCUT2D eigenvalue weighted by Crippen LogP contribution is 2.40. The van der Waals surface area contributed by atoms with Crippen LogP contribution in [0.1, 0.15) is 83.1 Å². The summed E-state index contributed by atoms with van der Waals surface area (Å²) in [6.07, 6.45) is 0. The van der Waals surface area contributed by atoms with Gasteiger partial charge in [-0.25, -0.2) is 15.0 Å². The number of hydrogen-bond donors (Lipinski definition) is 0. The standard InChI is InChI=1S/C39H48B3N3O6/c1-34(2)35(3,4)47-40(46-34)28-22-16-13-19-25(28)31-43-32(26-20-14-17-23-29(26)41-48-36(5,6)37(7,8)49-41)45-33(44-31)27-21-15-18-24-30(27)42-50-38(9,10)39(11,12)51-42/h13-24H,1-12H3. The van der Waals surface area contributed by atoms with Crippen molar-refractivity contribution in [2.75, 3.05) is 0 Å². The zero-order chi connectivity index (χ0) is 36.8. The molecule has 3 aromatic carbocycles. The van der Waals surface area contributed by atoms with E-state index in [0.29, 0.717) is 17.5 Å². The van der Waals surface area contributed by atoms with Gasteiger partial charge in [0.2, 0.25) is 0 Å². The normalized spacial score (nSPS) is 22.5. The fourth-order valence-electron chi connectivity index (χ4n) is 6.37. The van der Waals surface area contributed by atoms with Gasteiger partial charge in [0.15, 0.2) is 17.5 Å². The summed E-state index contributed by atoms with van der Waals surface area (Å²) in [5.41, 5.74) is 1.69. The van der Waals surface area contributed by atoms with Crippen LogP contribution in [0.15, 0.2) is 72.8 Å². The average Bonchev–Trinajstić information content (AvgIpc) is 3.53. The van der Waals surface area contributed by atoms with Crippen molar-refractivity contribution >= 4 is 37.7 Å². The van der Waals surface area contributed by atoms with Gasteiger partial charge in [-0.2, -0.15) is 0 Å². The van der Waals surface area contributed by atoms with Gasteiger partial charge >= 0.3 is 21.4 Å². The Labute approximate surface area is 303 Å². The molecule has 0 atom stereocenters. The quantitative estimate of drug-likeness (QED) is 0.235. The molecule has 1 aromatic heterocycles. The minimum Gasteiger partial charge on any atom is -0.399 e. The second kappa shape index (κ2) is 12.1. The number of nitrogens with zero attached hydrogens (tertiary/aromatic N) is 3. The van der Waals surface area contributed by atoms with Crippen molar-refractivity contribution in [1.29, 1.82) is 0 Å². The fourth-order valence-corrected chi connectivity index (χ4v) is 6.37. The third-order valence-electron chi connectivity index (χ3n) is 11.8. The molecule has 9 nitrogen and oxygen atoms in total. The van der Waals surface area contributed by atoms with E-state index in [2.05, 4.69) is 0 Å². The smallest absolute Gasteiger partial charge is 0.399 e. The molecule has 3 saturated heterocycles. The second-order valence-corrected chi connectivity index (χ2v) is 16.8. The molecule has 0 bridgehead atoms. The molecule has 3 aliphatic rings. The SMILES string of the molecule is CC1(C)OB(c2ccccc2-c2nc(-c3ccccc3B3OC(C)(C)C(C)(C)O3)nc(-c3ccccc3B3OC(C)(C)C(C)(C)O3)n2)OC1(C)C. The largest absolute Gasteiger partial charge is 0.495 e. The minimum absolute atomic E-state index is 0.479. The fraction of sp³-hybridized carbons (Fsp3) is 0.462. The second-order valence-electron chi connectivity index (χ2n) is 16.8. The van der Waals surface area contributed by atoms with Crippen LogP contribution < -0.4 is 16.4 Å². The van der Waals surface area contributed by atoms with Crippen LogP contribution in [-0.2, 0) is 27.9 Å². The summed E-state index contributed by atoms with van der Waals surface area (Å²) < 4.78 is 39.2. The van der Waals surface area contributed by atoms with Crippen molar-refractivity contribution in [3.05, 3.63) is 72.8 Å². The van der Waals surface area contributed by atoms with Crippen molar-refractivity contribution in [3.8, 4) is 34.2 Å². The predicted octanol–water partition coefficient (Wildman–Crippen LogP) is 5.77. The third kappa shape index (κ3) is 6.17. The van der Waals surface area contributed by atoms with Gasteiger partial charge in [0.1, 0.15) is 0 Å². The molecular weight excluding hydrogens is 639 g/mol. The molecule has 0 amide bonds. The maximum absolute atomic E-state index is 6.53. The zero-order valence-electron chi connectivity index (χ0n) is 32.0. The van der Waals surface area contributed by atoms with Crippen molar-refractivity contribution in [1.82, 2.24) is 15.0 Å². The van der Waals surface area contributed by atoms with Crippen LogP contribution in [0.3, 0.4) is 0 Å². The Morgan fingerprint density at radius 2 is 0.529 bits per heavy atom. The van der Waals surface area contributed by atoms with Crippen LogP contribution in [0.4, 0.5) is 0 Å². The van der Waals surface area contributed by atoms with E-state index in [0.717, 1.165) is 33.1 Å². The Morgan fingerprint density at radius 3 is 0.745 bits per heavy atom. The lowest BCUT2D eigenvalue weighted by Crippen LogP contribution is -2.41. The summed E-state index contributed by atoms with van der Waals surface area (Å²) in [4.78, 5) is 15.5. The topological polar surface area (TPSA) is 94.1 Å². The zero-order valence-corrected chi connectivity index (χ0v) is 32.0. The molecule has 12 heteroatoms. The maximum atomic E-state index is 6.53. The number of hydrogen-bond acceptors (Lipinski definition) is 9. The summed E-state index contributed by atoms with van der Waals surface area (Å²) >= 11 is 0. The maximum Gasteiger partial charge on any atom is 0.495 e. The Morgan fingerprint density at radius 1 is 0.333 bits per heavy atom. The van der Waals surface area contributed by atoms with Crippen molar-refractivity contribution in [2.45, 2.75) is 117 Å². The molecule has 0 spiro atoms. The molecule has 4 heterocycles. The van der Waals surface area contributed by atoms with Gasteiger partial charge in [-0.05, 0) is 99.5 Å². The van der Waals surface area contributed by atoms with Gasteiger partial charge in [-0.15, -0.1) is 0 Å². The monoisotopic (exact) mass is 687 g/mol. The van der Waals surface area contributed by atoms with Crippen LogP contribution in [0.5, 0.6) is 0 Å². The summed E-state index contributed by atoms with van der Waals surface area (Å²) in [6.45, 7) is 24.6. The van der Waals surface area contributed by atoms with Crippen LogP contribution in [0.2, 0.25) is 0 Å². The highest BCUT2D eigenvalue weighted by Gasteiger charge is 2.54. The predicted molar refractivity (Wildman–Crippen MR) is 203 cm³/mol. The van der Waals surface area contributed by atoms with Gasteiger partial charge in [0, 0.05) is 16.7 Å². The molecule has 3 aliphatic heterocycles. The minimum atomic E-state index is -0.621. The molecule has 0 saturated carbocycles. The number of benzene rings is 3. The van der Waals surface area contributed by atoms with Crippen LogP contribution in [-0.4, -0.2) is 69.9 Å². The first kappa shape index (κ1) is 36.0. The molecule has 0 N–H and O–H groups in total. The van der Waals surface area contributed by atoms with Crippen LogP contribution in [0, 0.1) is 0 Å². The first-order valence-electron chi connectivity index (χ1n) is 17.8. The first-order valence-corrected chi connectivity index (χ1v) is 17.8. The third-order valence-corrected chi connectivity index (χ3v) is 11.8. The van der Waals surface area contributed by atoms with E-state index in [1.165, 1.54) is 0 Å². The summed E-state index contributed by atoms with van der Waals surface area (Å²) in [7, 11) is -1.86. The van der Waals surface area contributed by atoms with E-state index in [1.54, 1.807) is 0 Å². The first-order chi connectivity index (χ1) is 23.7. The van der Waals surface area contributed by atoms with E-state index in [4.69, 9.17) is 42.9 Å². The van der Waals surface area contributed by atoms with E-state index in [9.17, 15) is 0 Å². The van der Waals surface area contributed by atoms with E-state index >= 15 is 0 Å². The van der Waals surface area contributed by atoms with Crippen molar-refractivity contribution in [3.63, 3.8) is 0 Å². The van der Waals surface area contributed by atoms with E-state index in [1.807, 2.05) is 156 Å². The summed E-state index contributed by atoms with van der Waals surface area (Å²) in [5, 5.41) is 0. The molecule has 4 aromatic rings.